The molecule has 11 heavy (non-hydrogen) atoms. The van der Waals surface area contributed by atoms with Gasteiger partial charge in [-0.1, -0.05) is 0 Å². The van der Waals surface area contributed by atoms with Crippen LogP contribution in [0, 0.1) is 16.6 Å². The van der Waals surface area contributed by atoms with E-state index in [1.165, 1.54) is 0 Å². The Morgan fingerprint density at radius 2 is 2.27 bits per heavy atom. The molecule has 0 amide bonds. The third-order valence-electron chi connectivity index (χ3n) is 1.24. The normalized spacial score (nSPS) is 9.55. The van der Waals surface area contributed by atoms with Gasteiger partial charge >= 0.3 is 0 Å². The zero-order valence-corrected chi connectivity index (χ0v) is 5.63. The molecule has 4 nitrogen and oxygen atoms in total. The van der Waals surface area contributed by atoms with Crippen molar-refractivity contribution in [2.24, 2.45) is 0 Å². The maximum absolute atomic E-state index is 12.6. The number of hydrogen-bond acceptors (Lipinski definition) is 3. The second-order valence-corrected chi connectivity index (χ2v) is 2.00. The van der Waals surface area contributed by atoms with E-state index in [4.69, 9.17) is 16.6 Å². The predicted octanol–water partition coefficient (Wildman–Crippen LogP) is 0.144. The second-order valence-electron chi connectivity index (χ2n) is 2.00. The van der Waals surface area contributed by atoms with Crippen LogP contribution >= 0.6 is 0 Å². The molecule has 1 aromatic heterocycles. The molecule has 4 N–H and O–H groups in total. The lowest BCUT2D eigenvalue weighted by Crippen LogP contribution is -2.19. The number of nitrogens with one attached hydrogen (secondary N) is 2. The molecular weight excluding hydrogens is 147 g/mol. The van der Waals surface area contributed by atoms with E-state index in [0.29, 0.717) is 0 Å². The summed E-state index contributed by atoms with van der Waals surface area (Å²) in [6.07, 6.45) is 1.83. The van der Waals surface area contributed by atoms with Crippen molar-refractivity contribution in [2.45, 2.75) is 0 Å². The fraction of sp³-hybridized carbons (Fsp3) is 0. The van der Waals surface area contributed by atoms with Crippen LogP contribution in [0.4, 0.5) is 10.1 Å². The minimum absolute atomic E-state index is 0.0149. The fourth-order valence-corrected chi connectivity index (χ4v) is 0.664. The van der Waals surface area contributed by atoms with Gasteiger partial charge < -0.3 is 5.73 Å². The largest absolute Gasteiger partial charge is 0.396 e. The van der Waals surface area contributed by atoms with E-state index >= 15 is 0 Å². The van der Waals surface area contributed by atoms with Gasteiger partial charge in [-0.2, -0.15) is 0 Å². The number of halogens is 1. The molecule has 0 atom stereocenters. The average Bonchev–Trinajstić information content (AvgIpc) is 1.97. The summed E-state index contributed by atoms with van der Waals surface area (Å²) in [5.74, 6) is -0.621. The number of rotatable bonds is 1. The first kappa shape index (κ1) is 7.46. The molecule has 0 aliphatic carbocycles. The summed E-state index contributed by atoms with van der Waals surface area (Å²) in [4.78, 5) is 0. The summed E-state index contributed by atoms with van der Waals surface area (Å²) in [5.41, 5.74) is 5.07. The van der Waals surface area contributed by atoms with E-state index in [0.717, 1.165) is 23.2 Å². The molecule has 0 saturated carbocycles. The van der Waals surface area contributed by atoms with Gasteiger partial charge in [0.25, 0.3) is 0 Å². The van der Waals surface area contributed by atoms with Gasteiger partial charge in [0.15, 0.2) is 5.82 Å². The van der Waals surface area contributed by atoms with Crippen molar-refractivity contribution in [3.8, 4) is 0 Å². The number of nitrogens with zero attached hydrogens (tertiary/aromatic N) is 1. The molecular formula is C6H7FN4. The summed E-state index contributed by atoms with van der Waals surface area (Å²) >= 11 is 0. The van der Waals surface area contributed by atoms with Crippen molar-refractivity contribution in [1.82, 2.24) is 4.57 Å². The zero-order valence-electron chi connectivity index (χ0n) is 5.63. The van der Waals surface area contributed by atoms with Gasteiger partial charge in [0, 0.05) is 12.3 Å². The predicted molar refractivity (Wildman–Crippen MR) is 38.8 cm³/mol. The lowest BCUT2D eigenvalue weighted by atomic mass is 10.4. The quantitative estimate of drug-likeness (QED) is 0.390. The molecule has 0 spiro atoms. The maximum Gasteiger partial charge on any atom is 0.162 e. The maximum atomic E-state index is 12.6. The highest BCUT2D eigenvalue weighted by atomic mass is 19.1. The molecule has 1 aromatic rings. The summed E-state index contributed by atoms with van der Waals surface area (Å²) in [5, 5.41) is 13.9. The average molecular weight is 154 g/mol. The van der Waals surface area contributed by atoms with Crippen LogP contribution in [-0.2, 0) is 0 Å². The van der Waals surface area contributed by atoms with Crippen LogP contribution in [-0.4, -0.2) is 10.9 Å². The van der Waals surface area contributed by atoms with E-state index in [2.05, 4.69) is 0 Å². The first-order chi connectivity index (χ1) is 5.15. The van der Waals surface area contributed by atoms with Crippen molar-refractivity contribution in [3.05, 3.63) is 23.6 Å². The zero-order chi connectivity index (χ0) is 8.43. The minimum atomic E-state index is -0.621. The first-order valence-electron chi connectivity index (χ1n) is 2.87. The summed E-state index contributed by atoms with van der Waals surface area (Å²) < 4.78 is 13.6. The van der Waals surface area contributed by atoms with Crippen LogP contribution < -0.4 is 11.2 Å². The van der Waals surface area contributed by atoms with Gasteiger partial charge in [-0.25, -0.2) is 4.39 Å². The van der Waals surface area contributed by atoms with E-state index in [1.54, 1.807) is 0 Å². The summed E-state index contributed by atoms with van der Waals surface area (Å²) in [7, 11) is 0. The number of pyridine rings is 1. The monoisotopic (exact) mass is 154 g/mol. The lowest BCUT2D eigenvalue weighted by molar-refractivity contribution is 0.619. The van der Waals surface area contributed by atoms with Crippen molar-refractivity contribution in [1.29, 1.82) is 10.8 Å². The van der Waals surface area contributed by atoms with Crippen LogP contribution in [0.15, 0.2) is 12.3 Å². The second kappa shape index (κ2) is 2.53. The van der Waals surface area contributed by atoms with E-state index in [-0.39, 0.29) is 11.2 Å². The number of anilines is 1. The van der Waals surface area contributed by atoms with Crippen molar-refractivity contribution < 1.29 is 4.39 Å². The van der Waals surface area contributed by atoms with Gasteiger partial charge in [0.2, 0.25) is 0 Å². The standard InChI is InChI=1S/C6H7FN4/c7-4-2-11(3-8)6(10)1-5(4)9/h1-3,8,10H,9H2. The van der Waals surface area contributed by atoms with Gasteiger partial charge in [0.1, 0.15) is 5.49 Å². The van der Waals surface area contributed by atoms with Crippen LogP contribution in [0.25, 0.3) is 0 Å². The first-order valence-corrected chi connectivity index (χ1v) is 2.87. The Balaban J connectivity index is 3.44. The number of nitrogen functional groups attached to an aromatic ring is 1. The number of nitrogens with two attached hydrogens (primary N) is 1. The Kier molecular flexibility index (Phi) is 1.72. The topological polar surface area (TPSA) is 78.7 Å². The molecule has 0 saturated heterocycles. The van der Waals surface area contributed by atoms with Gasteiger partial charge in [-0.05, 0) is 0 Å². The number of hydrogen-bond donors (Lipinski definition) is 3. The molecule has 1 heterocycles. The highest BCUT2D eigenvalue weighted by Crippen LogP contribution is 2.02. The highest BCUT2D eigenvalue weighted by Gasteiger charge is 1.98. The summed E-state index contributed by atoms with van der Waals surface area (Å²) in [6.45, 7) is 0. The third kappa shape index (κ3) is 1.26. The molecule has 0 unspecified atom stereocenters. The lowest BCUT2D eigenvalue weighted by Gasteiger charge is -1.99. The third-order valence-corrected chi connectivity index (χ3v) is 1.24. The van der Waals surface area contributed by atoms with Crippen LogP contribution in [0.3, 0.4) is 0 Å². The fourth-order valence-electron chi connectivity index (χ4n) is 0.664. The molecule has 0 aromatic carbocycles. The van der Waals surface area contributed by atoms with Crippen molar-refractivity contribution >= 4 is 12.0 Å². The molecule has 0 aliphatic heterocycles. The number of aromatic nitrogens is 1. The van der Waals surface area contributed by atoms with Crippen LogP contribution in [0.1, 0.15) is 0 Å². The van der Waals surface area contributed by atoms with Crippen molar-refractivity contribution in [2.75, 3.05) is 5.73 Å². The molecule has 58 valence electrons. The Morgan fingerprint density at radius 3 is 2.82 bits per heavy atom. The smallest absolute Gasteiger partial charge is 0.162 e. The molecule has 0 radical (unpaired) electrons. The highest BCUT2D eigenvalue weighted by molar-refractivity contribution is 5.55. The van der Waals surface area contributed by atoms with Gasteiger partial charge in [0.05, 0.1) is 12.0 Å². The van der Waals surface area contributed by atoms with Crippen LogP contribution in [0.5, 0.6) is 0 Å². The van der Waals surface area contributed by atoms with E-state index < -0.39 is 5.82 Å². The van der Waals surface area contributed by atoms with Crippen molar-refractivity contribution in [3.63, 3.8) is 0 Å². The molecule has 5 heteroatoms. The molecule has 0 fully saturated rings. The SMILES string of the molecule is N=Cn1cc(F)c(N)cc1=N. The minimum Gasteiger partial charge on any atom is -0.396 e. The molecule has 0 aliphatic rings. The Bertz CT molecular complexity index is 341. The Morgan fingerprint density at radius 1 is 1.64 bits per heavy atom. The Labute approximate surface area is 62.1 Å². The Hall–Kier alpha value is -1.65. The van der Waals surface area contributed by atoms with Gasteiger partial charge in [-0.15, -0.1) is 0 Å². The van der Waals surface area contributed by atoms with E-state index in [1.807, 2.05) is 0 Å². The van der Waals surface area contributed by atoms with Crippen LogP contribution in [0.2, 0.25) is 0 Å². The summed E-state index contributed by atoms with van der Waals surface area (Å²) in [6, 6.07) is 1.15. The molecule has 0 bridgehead atoms. The van der Waals surface area contributed by atoms with E-state index in [9.17, 15) is 4.39 Å². The van der Waals surface area contributed by atoms with Gasteiger partial charge in [-0.3, -0.25) is 15.4 Å². The molecule has 1 rings (SSSR count).